The standard InChI is InChI=1S/C12H11NS/c1-2-13-10-6-4-3-5-9(10)12-11(13)7-8-14-12/h3-8H,2H2,1H3. The van der Waals surface area contributed by atoms with E-state index in [0.29, 0.717) is 0 Å². The van der Waals surface area contributed by atoms with Crippen LogP contribution in [0.5, 0.6) is 0 Å². The van der Waals surface area contributed by atoms with Gasteiger partial charge in [0.2, 0.25) is 0 Å². The number of para-hydroxylation sites is 1. The Bertz CT molecular complexity index is 588. The fraction of sp³-hybridized carbons (Fsp3) is 0.167. The molecule has 2 heterocycles. The third-order valence-electron chi connectivity index (χ3n) is 2.69. The van der Waals surface area contributed by atoms with Gasteiger partial charge in [-0.2, -0.15) is 0 Å². The van der Waals surface area contributed by atoms with Crippen molar-refractivity contribution in [3.05, 3.63) is 35.7 Å². The van der Waals surface area contributed by atoms with Crippen molar-refractivity contribution >= 4 is 32.5 Å². The zero-order chi connectivity index (χ0) is 9.54. The topological polar surface area (TPSA) is 4.93 Å². The van der Waals surface area contributed by atoms with Crippen molar-refractivity contribution < 1.29 is 0 Å². The molecule has 0 spiro atoms. The average molecular weight is 201 g/mol. The Balaban J connectivity index is 2.62. The van der Waals surface area contributed by atoms with Gasteiger partial charge in [0.25, 0.3) is 0 Å². The van der Waals surface area contributed by atoms with Crippen molar-refractivity contribution in [2.24, 2.45) is 0 Å². The van der Waals surface area contributed by atoms with E-state index in [2.05, 4.69) is 47.2 Å². The quantitative estimate of drug-likeness (QED) is 0.563. The van der Waals surface area contributed by atoms with Gasteiger partial charge in [0.05, 0.1) is 10.2 Å². The minimum Gasteiger partial charge on any atom is -0.340 e. The maximum atomic E-state index is 2.38. The number of hydrogen-bond donors (Lipinski definition) is 0. The van der Waals surface area contributed by atoms with Crippen molar-refractivity contribution in [2.75, 3.05) is 0 Å². The summed E-state index contributed by atoms with van der Waals surface area (Å²) in [4.78, 5) is 0. The molecule has 0 aliphatic carbocycles. The molecule has 0 aliphatic rings. The molecule has 0 saturated heterocycles. The number of fused-ring (bicyclic) bond motifs is 3. The highest BCUT2D eigenvalue weighted by Crippen LogP contribution is 2.32. The SMILES string of the molecule is CCn1c2ccccc2c2sccc21. The molecule has 0 N–H and O–H groups in total. The zero-order valence-electron chi connectivity index (χ0n) is 8.03. The summed E-state index contributed by atoms with van der Waals surface area (Å²) in [6.07, 6.45) is 0. The monoisotopic (exact) mass is 201 g/mol. The average Bonchev–Trinajstić information content (AvgIpc) is 2.77. The van der Waals surface area contributed by atoms with Gasteiger partial charge in [-0.1, -0.05) is 18.2 Å². The maximum Gasteiger partial charge on any atom is 0.0600 e. The lowest BCUT2D eigenvalue weighted by Gasteiger charge is -2.00. The predicted molar refractivity (Wildman–Crippen MR) is 63.0 cm³/mol. The molecule has 0 aliphatic heterocycles. The van der Waals surface area contributed by atoms with Crippen LogP contribution in [0.2, 0.25) is 0 Å². The highest BCUT2D eigenvalue weighted by molar-refractivity contribution is 7.18. The van der Waals surface area contributed by atoms with Gasteiger partial charge < -0.3 is 4.57 Å². The molecule has 2 heteroatoms. The molecular formula is C12H11NS. The molecular weight excluding hydrogens is 190 g/mol. The summed E-state index contributed by atoms with van der Waals surface area (Å²) in [5.41, 5.74) is 2.73. The molecule has 0 unspecified atom stereocenters. The summed E-state index contributed by atoms with van der Waals surface area (Å²) in [7, 11) is 0. The molecule has 3 aromatic rings. The van der Waals surface area contributed by atoms with Gasteiger partial charge in [0, 0.05) is 17.4 Å². The first kappa shape index (κ1) is 8.06. The number of benzene rings is 1. The second kappa shape index (κ2) is 2.85. The van der Waals surface area contributed by atoms with Crippen LogP contribution in [0.25, 0.3) is 21.1 Å². The van der Waals surface area contributed by atoms with Crippen LogP contribution >= 0.6 is 11.3 Å². The first-order valence-corrected chi connectivity index (χ1v) is 5.74. The van der Waals surface area contributed by atoms with Crippen LogP contribution in [0, 0.1) is 0 Å². The molecule has 0 saturated carbocycles. The van der Waals surface area contributed by atoms with Gasteiger partial charge in [-0.05, 0) is 24.4 Å². The molecule has 1 nitrogen and oxygen atoms in total. The number of thiophene rings is 1. The first-order chi connectivity index (χ1) is 6.92. The Kier molecular flexibility index (Phi) is 1.64. The Labute approximate surface area is 86.6 Å². The summed E-state index contributed by atoms with van der Waals surface area (Å²) in [5.74, 6) is 0. The summed E-state index contributed by atoms with van der Waals surface area (Å²) in [6, 6.07) is 10.8. The maximum absolute atomic E-state index is 2.38. The number of rotatable bonds is 1. The minimum absolute atomic E-state index is 1.04. The summed E-state index contributed by atoms with van der Waals surface area (Å²) < 4.78 is 3.80. The lowest BCUT2D eigenvalue weighted by molar-refractivity contribution is 0.828. The molecule has 0 fully saturated rings. The van der Waals surface area contributed by atoms with Crippen LogP contribution < -0.4 is 0 Å². The number of aromatic nitrogens is 1. The Morgan fingerprint density at radius 1 is 1.14 bits per heavy atom. The summed E-state index contributed by atoms with van der Waals surface area (Å²) >= 11 is 1.83. The van der Waals surface area contributed by atoms with E-state index in [9.17, 15) is 0 Å². The molecule has 70 valence electrons. The molecule has 3 rings (SSSR count). The van der Waals surface area contributed by atoms with Crippen LogP contribution in [0.15, 0.2) is 35.7 Å². The summed E-state index contributed by atoms with van der Waals surface area (Å²) in [5, 5.41) is 3.56. The van der Waals surface area contributed by atoms with Gasteiger partial charge >= 0.3 is 0 Å². The second-order valence-corrected chi connectivity index (χ2v) is 4.31. The van der Waals surface area contributed by atoms with Gasteiger partial charge in [-0.25, -0.2) is 0 Å². The molecule has 0 radical (unpaired) electrons. The van der Waals surface area contributed by atoms with Crippen LogP contribution in [-0.4, -0.2) is 4.57 Å². The number of aryl methyl sites for hydroxylation is 1. The number of nitrogens with zero attached hydrogens (tertiary/aromatic N) is 1. The van der Waals surface area contributed by atoms with E-state index >= 15 is 0 Å². The van der Waals surface area contributed by atoms with Crippen LogP contribution in [-0.2, 0) is 6.54 Å². The van der Waals surface area contributed by atoms with E-state index in [-0.39, 0.29) is 0 Å². The van der Waals surface area contributed by atoms with Gasteiger partial charge in [0.1, 0.15) is 0 Å². The Hall–Kier alpha value is -1.28. The Morgan fingerprint density at radius 2 is 2.00 bits per heavy atom. The lowest BCUT2D eigenvalue weighted by atomic mass is 10.2. The Morgan fingerprint density at radius 3 is 2.86 bits per heavy atom. The fourth-order valence-electron chi connectivity index (χ4n) is 2.09. The van der Waals surface area contributed by atoms with E-state index in [1.54, 1.807) is 0 Å². The third-order valence-corrected chi connectivity index (χ3v) is 3.63. The van der Waals surface area contributed by atoms with E-state index < -0.39 is 0 Å². The predicted octanol–water partition coefficient (Wildman–Crippen LogP) is 3.88. The molecule has 0 amide bonds. The lowest BCUT2D eigenvalue weighted by Crippen LogP contribution is -1.91. The normalized spacial score (nSPS) is 11.5. The molecule has 2 aromatic heterocycles. The highest BCUT2D eigenvalue weighted by atomic mass is 32.1. The molecule has 1 aromatic carbocycles. The van der Waals surface area contributed by atoms with Gasteiger partial charge in [-0.3, -0.25) is 0 Å². The minimum atomic E-state index is 1.04. The second-order valence-electron chi connectivity index (χ2n) is 3.40. The van der Waals surface area contributed by atoms with Crippen molar-refractivity contribution in [3.63, 3.8) is 0 Å². The first-order valence-electron chi connectivity index (χ1n) is 4.86. The van der Waals surface area contributed by atoms with Gasteiger partial charge in [0.15, 0.2) is 0 Å². The van der Waals surface area contributed by atoms with Crippen molar-refractivity contribution in [2.45, 2.75) is 13.5 Å². The van der Waals surface area contributed by atoms with Crippen LogP contribution in [0.3, 0.4) is 0 Å². The van der Waals surface area contributed by atoms with Crippen molar-refractivity contribution in [3.8, 4) is 0 Å². The van der Waals surface area contributed by atoms with Crippen molar-refractivity contribution in [1.29, 1.82) is 0 Å². The zero-order valence-corrected chi connectivity index (χ0v) is 8.84. The smallest absolute Gasteiger partial charge is 0.0600 e. The van der Waals surface area contributed by atoms with E-state index in [1.807, 2.05) is 11.3 Å². The van der Waals surface area contributed by atoms with E-state index in [1.165, 1.54) is 21.1 Å². The molecule has 14 heavy (non-hydrogen) atoms. The van der Waals surface area contributed by atoms with E-state index in [0.717, 1.165) is 6.54 Å². The number of hydrogen-bond acceptors (Lipinski definition) is 1. The highest BCUT2D eigenvalue weighted by Gasteiger charge is 2.08. The largest absolute Gasteiger partial charge is 0.340 e. The third kappa shape index (κ3) is 0.891. The van der Waals surface area contributed by atoms with Crippen LogP contribution in [0.4, 0.5) is 0 Å². The van der Waals surface area contributed by atoms with Crippen LogP contribution in [0.1, 0.15) is 6.92 Å². The fourth-order valence-corrected chi connectivity index (χ4v) is 3.02. The van der Waals surface area contributed by atoms with Gasteiger partial charge in [-0.15, -0.1) is 11.3 Å². The molecule has 0 bridgehead atoms. The van der Waals surface area contributed by atoms with Crippen molar-refractivity contribution in [1.82, 2.24) is 4.57 Å². The molecule has 0 atom stereocenters. The summed E-state index contributed by atoms with van der Waals surface area (Å²) in [6.45, 7) is 3.24. The van der Waals surface area contributed by atoms with E-state index in [4.69, 9.17) is 0 Å².